The van der Waals surface area contributed by atoms with E-state index < -0.39 is 34.2 Å². The van der Waals surface area contributed by atoms with Gasteiger partial charge in [-0.1, -0.05) is 0 Å². The SMILES string of the molecule is COc1ccc(C(=O)OCC(=O)OC(C)(C)C)cc1S(=O)(=O)NC1CC1. The maximum absolute atomic E-state index is 12.4. The summed E-state index contributed by atoms with van der Waals surface area (Å²) < 4.78 is 42.4. The predicted octanol–water partition coefficient (Wildman–Crippen LogP) is 1.63. The van der Waals surface area contributed by atoms with E-state index in [2.05, 4.69) is 4.72 Å². The third-order valence-corrected chi connectivity index (χ3v) is 4.87. The first-order chi connectivity index (χ1) is 12.0. The lowest BCUT2D eigenvalue weighted by atomic mass is 10.2. The number of hydrogen-bond acceptors (Lipinski definition) is 7. The number of esters is 2. The standard InChI is InChI=1S/C17H23NO7S/c1-17(2,3)25-15(19)10-24-16(20)11-5-8-13(23-4)14(9-11)26(21,22)18-12-6-7-12/h5,8-9,12,18H,6-7,10H2,1-4H3. The van der Waals surface area contributed by atoms with E-state index in [4.69, 9.17) is 14.2 Å². The van der Waals surface area contributed by atoms with Gasteiger partial charge in [0.25, 0.3) is 0 Å². The van der Waals surface area contributed by atoms with E-state index in [1.807, 2.05) is 0 Å². The molecule has 0 aliphatic heterocycles. The molecule has 0 radical (unpaired) electrons. The van der Waals surface area contributed by atoms with Crippen LogP contribution in [0.15, 0.2) is 23.1 Å². The van der Waals surface area contributed by atoms with Crippen molar-refractivity contribution in [3.63, 3.8) is 0 Å². The van der Waals surface area contributed by atoms with Crippen molar-refractivity contribution < 1.29 is 32.2 Å². The summed E-state index contributed by atoms with van der Waals surface area (Å²) in [4.78, 5) is 23.6. The molecule has 0 bridgehead atoms. The van der Waals surface area contributed by atoms with Gasteiger partial charge in [0.15, 0.2) is 6.61 Å². The molecule has 144 valence electrons. The highest BCUT2D eigenvalue weighted by Crippen LogP contribution is 2.28. The molecule has 0 spiro atoms. The summed E-state index contributed by atoms with van der Waals surface area (Å²) >= 11 is 0. The first-order valence-electron chi connectivity index (χ1n) is 8.11. The summed E-state index contributed by atoms with van der Waals surface area (Å²) in [7, 11) is -2.49. The number of carbonyl (C=O) groups excluding carboxylic acids is 2. The lowest BCUT2D eigenvalue weighted by molar-refractivity contribution is -0.158. The molecule has 2 rings (SSSR count). The summed E-state index contributed by atoms with van der Waals surface area (Å²) in [6.07, 6.45) is 1.55. The van der Waals surface area contributed by atoms with E-state index in [1.165, 1.54) is 25.3 Å². The molecule has 1 fully saturated rings. The second-order valence-corrected chi connectivity index (χ2v) is 8.61. The van der Waals surface area contributed by atoms with Crippen LogP contribution in [0.2, 0.25) is 0 Å². The fourth-order valence-corrected chi connectivity index (χ4v) is 3.58. The van der Waals surface area contributed by atoms with Crippen molar-refractivity contribution in [1.82, 2.24) is 4.72 Å². The molecular weight excluding hydrogens is 362 g/mol. The van der Waals surface area contributed by atoms with Crippen LogP contribution in [0.1, 0.15) is 44.0 Å². The molecule has 0 saturated heterocycles. The Morgan fingerprint density at radius 1 is 1.23 bits per heavy atom. The molecule has 0 amide bonds. The highest BCUT2D eigenvalue weighted by molar-refractivity contribution is 7.89. The van der Waals surface area contributed by atoms with Gasteiger partial charge >= 0.3 is 11.9 Å². The zero-order valence-corrected chi connectivity index (χ0v) is 16.0. The zero-order chi connectivity index (χ0) is 19.5. The van der Waals surface area contributed by atoms with E-state index in [9.17, 15) is 18.0 Å². The predicted molar refractivity (Wildman–Crippen MR) is 92.5 cm³/mol. The molecule has 1 N–H and O–H groups in total. The third kappa shape index (κ3) is 5.70. The topological polar surface area (TPSA) is 108 Å². The quantitative estimate of drug-likeness (QED) is 0.711. The first kappa shape index (κ1) is 20.2. The minimum Gasteiger partial charge on any atom is -0.495 e. The largest absolute Gasteiger partial charge is 0.495 e. The minimum absolute atomic E-state index is 0.00877. The van der Waals surface area contributed by atoms with Gasteiger partial charge in [-0.3, -0.25) is 0 Å². The fourth-order valence-electron chi connectivity index (χ4n) is 2.08. The summed E-state index contributed by atoms with van der Waals surface area (Å²) in [5, 5.41) is 0. The van der Waals surface area contributed by atoms with Crippen molar-refractivity contribution in [3.8, 4) is 5.75 Å². The molecule has 0 unspecified atom stereocenters. The Morgan fingerprint density at radius 2 is 1.88 bits per heavy atom. The van der Waals surface area contributed by atoms with Crippen LogP contribution in [0.25, 0.3) is 0 Å². The van der Waals surface area contributed by atoms with Crippen LogP contribution < -0.4 is 9.46 Å². The molecule has 26 heavy (non-hydrogen) atoms. The molecule has 0 aromatic heterocycles. The summed E-state index contributed by atoms with van der Waals surface area (Å²) in [5.41, 5.74) is -0.704. The summed E-state index contributed by atoms with van der Waals surface area (Å²) in [6.45, 7) is 4.52. The van der Waals surface area contributed by atoms with Crippen molar-refractivity contribution in [2.24, 2.45) is 0 Å². The smallest absolute Gasteiger partial charge is 0.344 e. The van der Waals surface area contributed by atoms with Crippen LogP contribution in [0, 0.1) is 0 Å². The van der Waals surface area contributed by atoms with Crippen LogP contribution in [0.5, 0.6) is 5.75 Å². The van der Waals surface area contributed by atoms with Crippen molar-refractivity contribution >= 4 is 22.0 Å². The van der Waals surface area contributed by atoms with E-state index in [0.717, 1.165) is 12.8 Å². The van der Waals surface area contributed by atoms with Crippen molar-refractivity contribution in [2.45, 2.75) is 50.2 Å². The molecule has 1 aliphatic carbocycles. The highest BCUT2D eigenvalue weighted by atomic mass is 32.2. The van der Waals surface area contributed by atoms with Crippen molar-refractivity contribution in [3.05, 3.63) is 23.8 Å². The Kier molecular flexibility index (Phi) is 5.92. The number of nitrogens with one attached hydrogen (secondary N) is 1. The summed E-state index contributed by atoms with van der Waals surface area (Å²) in [6, 6.07) is 3.81. The summed E-state index contributed by atoms with van der Waals surface area (Å²) in [5.74, 6) is -1.41. The van der Waals surface area contributed by atoms with Crippen LogP contribution in [-0.2, 0) is 24.3 Å². The lowest BCUT2D eigenvalue weighted by Gasteiger charge is -2.19. The van der Waals surface area contributed by atoms with Gasteiger partial charge in [-0.15, -0.1) is 0 Å². The molecule has 1 saturated carbocycles. The number of carbonyl (C=O) groups is 2. The Hall–Kier alpha value is -2.13. The molecule has 0 atom stereocenters. The fraction of sp³-hybridized carbons (Fsp3) is 0.529. The van der Waals surface area contributed by atoms with Crippen LogP contribution in [0.4, 0.5) is 0 Å². The van der Waals surface area contributed by atoms with E-state index in [1.54, 1.807) is 20.8 Å². The highest BCUT2D eigenvalue weighted by Gasteiger charge is 2.30. The number of methoxy groups -OCH3 is 1. The van der Waals surface area contributed by atoms with Crippen LogP contribution >= 0.6 is 0 Å². The van der Waals surface area contributed by atoms with E-state index >= 15 is 0 Å². The lowest BCUT2D eigenvalue weighted by Crippen LogP contribution is -2.28. The normalized spacial score (nSPS) is 14.6. The molecule has 1 aromatic rings. The Morgan fingerprint density at radius 3 is 2.42 bits per heavy atom. The number of hydrogen-bond donors (Lipinski definition) is 1. The second-order valence-electron chi connectivity index (χ2n) is 6.92. The van der Waals surface area contributed by atoms with Gasteiger partial charge in [0.1, 0.15) is 16.2 Å². The maximum atomic E-state index is 12.4. The monoisotopic (exact) mass is 385 g/mol. The van der Waals surface area contributed by atoms with E-state index in [0.29, 0.717) is 0 Å². The maximum Gasteiger partial charge on any atom is 0.344 e. The number of sulfonamides is 1. The Balaban J connectivity index is 2.13. The Labute approximate surface area is 152 Å². The number of ether oxygens (including phenoxy) is 3. The molecule has 1 aliphatic rings. The van der Waals surface area contributed by atoms with Crippen molar-refractivity contribution in [1.29, 1.82) is 0 Å². The van der Waals surface area contributed by atoms with Gasteiger partial charge in [-0.05, 0) is 51.8 Å². The van der Waals surface area contributed by atoms with Gasteiger partial charge in [0.05, 0.1) is 12.7 Å². The minimum atomic E-state index is -3.83. The second kappa shape index (κ2) is 7.63. The first-order valence-corrected chi connectivity index (χ1v) is 9.59. The third-order valence-electron chi connectivity index (χ3n) is 3.33. The molecule has 0 heterocycles. The number of benzene rings is 1. The van der Waals surface area contributed by atoms with Crippen LogP contribution in [0.3, 0.4) is 0 Å². The van der Waals surface area contributed by atoms with Crippen molar-refractivity contribution in [2.75, 3.05) is 13.7 Å². The molecular formula is C17H23NO7S. The van der Waals surface area contributed by atoms with Gasteiger partial charge in [0, 0.05) is 6.04 Å². The van der Waals surface area contributed by atoms with Gasteiger partial charge in [-0.25, -0.2) is 22.7 Å². The van der Waals surface area contributed by atoms with E-state index in [-0.39, 0.29) is 22.3 Å². The van der Waals surface area contributed by atoms with Gasteiger partial charge < -0.3 is 14.2 Å². The molecule has 1 aromatic carbocycles. The van der Waals surface area contributed by atoms with Crippen LogP contribution in [-0.4, -0.2) is 45.7 Å². The average Bonchev–Trinajstić information content (AvgIpc) is 3.33. The average molecular weight is 385 g/mol. The van der Waals surface area contributed by atoms with Gasteiger partial charge in [-0.2, -0.15) is 0 Å². The zero-order valence-electron chi connectivity index (χ0n) is 15.2. The van der Waals surface area contributed by atoms with Gasteiger partial charge in [0.2, 0.25) is 10.0 Å². The molecule has 9 heteroatoms. The number of rotatable bonds is 7. The molecule has 8 nitrogen and oxygen atoms in total. The Bertz CT molecular complexity index is 792.